The van der Waals surface area contributed by atoms with Crippen LogP contribution in [0.4, 0.5) is 18.9 Å². The molecule has 0 unspecified atom stereocenters. The minimum Gasteiger partial charge on any atom is -0.324 e. The molecule has 2 N–H and O–H groups in total. The van der Waals surface area contributed by atoms with E-state index in [0.717, 1.165) is 12.1 Å². The van der Waals surface area contributed by atoms with Crippen LogP contribution in [0.3, 0.4) is 0 Å². The summed E-state index contributed by atoms with van der Waals surface area (Å²) in [5.41, 5.74) is 0.734. The number of rotatable bonds is 4. The summed E-state index contributed by atoms with van der Waals surface area (Å²) in [6.07, 6.45) is 0. The maximum Gasteiger partial charge on any atom is 0.266 e. The Morgan fingerprint density at radius 3 is 2.44 bits per heavy atom. The first-order valence-electron chi connectivity index (χ1n) is 9.52. The zero-order chi connectivity index (χ0) is 23.0. The summed E-state index contributed by atoms with van der Waals surface area (Å²) >= 11 is 5.77. The Hall–Kier alpha value is -3.04. The summed E-state index contributed by atoms with van der Waals surface area (Å²) < 4.78 is 70.5. The summed E-state index contributed by atoms with van der Waals surface area (Å²) in [5, 5.41) is 2.73. The highest BCUT2D eigenvalue weighted by Crippen LogP contribution is 2.38. The van der Waals surface area contributed by atoms with Gasteiger partial charge >= 0.3 is 0 Å². The van der Waals surface area contributed by atoms with E-state index in [-0.39, 0.29) is 39.2 Å². The fraction of sp³-hybridized carbons (Fsp3) is 0.136. The van der Waals surface area contributed by atoms with Gasteiger partial charge in [0.25, 0.3) is 10.0 Å². The van der Waals surface area contributed by atoms with Crippen molar-refractivity contribution in [2.24, 2.45) is 4.99 Å². The zero-order valence-corrected chi connectivity index (χ0v) is 18.2. The number of fused-ring (bicyclic) bond motifs is 1. The number of nitrogens with zero attached hydrogens (tertiary/aromatic N) is 1. The normalized spacial score (nSPS) is 16.7. The third-order valence-electron chi connectivity index (χ3n) is 5.13. The second-order valence-corrected chi connectivity index (χ2v) is 9.28. The minimum atomic E-state index is -4.07. The lowest BCUT2D eigenvalue weighted by atomic mass is 9.91. The predicted molar refractivity (Wildman–Crippen MR) is 117 cm³/mol. The highest BCUT2D eigenvalue weighted by atomic mass is 35.5. The first-order valence-corrected chi connectivity index (χ1v) is 11.4. The highest BCUT2D eigenvalue weighted by Gasteiger charge is 2.32. The van der Waals surface area contributed by atoms with Gasteiger partial charge in [-0.25, -0.2) is 31.3 Å². The zero-order valence-electron chi connectivity index (χ0n) is 16.7. The van der Waals surface area contributed by atoms with Crippen molar-refractivity contribution in [3.8, 4) is 0 Å². The van der Waals surface area contributed by atoms with Gasteiger partial charge in [-0.1, -0.05) is 42.8 Å². The smallest absolute Gasteiger partial charge is 0.266 e. The van der Waals surface area contributed by atoms with Gasteiger partial charge in [0.15, 0.2) is 0 Å². The molecule has 0 aliphatic carbocycles. The van der Waals surface area contributed by atoms with E-state index >= 15 is 0 Å². The molecule has 5 nitrogen and oxygen atoms in total. The Kier molecular flexibility index (Phi) is 5.87. The molecule has 32 heavy (non-hydrogen) atoms. The summed E-state index contributed by atoms with van der Waals surface area (Å²) in [4.78, 5) is 4.00. The van der Waals surface area contributed by atoms with Gasteiger partial charge in [0.1, 0.15) is 22.3 Å². The summed E-state index contributed by atoms with van der Waals surface area (Å²) in [7, 11) is -4.07. The molecule has 3 aromatic carbocycles. The molecule has 0 fully saturated rings. The Morgan fingerprint density at radius 2 is 1.72 bits per heavy atom. The first kappa shape index (κ1) is 22.2. The van der Waals surface area contributed by atoms with Crippen molar-refractivity contribution >= 4 is 33.3 Å². The van der Waals surface area contributed by atoms with Crippen molar-refractivity contribution in [3.05, 3.63) is 93.8 Å². The van der Waals surface area contributed by atoms with Gasteiger partial charge in [-0.3, -0.25) is 0 Å². The summed E-state index contributed by atoms with van der Waals surface area (Å²) in [6.45, 7) is 1.57. The Bertz CT molecular complexity index is 1350. The van der Waals surface area contributed by atoms with Crippen molar-refractivity contribution in [1.82, 2.24) is 4.72 Å². The molecule has 166 valence electrons. The molecule has 0 spiro atoms. The van der Waals surface area contributed by atoms with E-state index in [0.29, 0.717) is 5.56 Å². The molecule has 0 radical (unpaired) electrons. The molecule has 4 rings (SSSR count). The Morgan fingerprint density at radius 1 is 1.00 bits per heavy atom. The van der Waals surface area contributed by atoms with E-state index in [9.17, 15) is 21.6 Å². The molecule has 10 heteroatoms. The maximum atomic E-state index is 14.9. The number of halogens is 4. The van der Waals surface area contributed by atoms with E-state index in [2.05, 4.69) is 15.0 Å². The third kappa shape index (κ3) is 4.18. The van der Waals surface area contributed by atoms with Gasteiger partial charge in [0, 0.05) is 11.5 Å². The lowest BCUT2D eigenvalue weighted by Gasteiger charge is -2.26. The molecule has 0 saturated carbocycles. The molecule has 1 heterocycles. The molecule has 0 saturated heterocycles. The Labute approximate surface area is 188 Å². The molecule has 1 aliphatic heterocycles. The van der Waals surface area contributed by atoms with Crippen LogP contribution in [0.2, 0.25) is 5.02 Å². The van der Waals surface area contributed by atoms with Crippen molar-refractivity contribution in [2.75, 3.05) is 5.32 Å². The van der Waals surface area contributed by atoms with Crippen LogP contribution in [-0.4, -0.2) is 14.4 Å². The van der Waals surface area contributed by atoms with Gasteiger partial charge in [-0.05, 0) is 41.5 Å². The average Bonchev–Trinajstić information content (AvgIpc) is 2.74. The Balaban J connectivity index is 1.76. The van der Waals surface area contributed by atoms with Crippen LogP contribution in [-0.2, 0) is 16.6 Å². The number of aliphatic imine (C=N–C) groups is 1. The largest absolute Gasteiger partial charge is 0.324 e. The maximum absolute atomic E-state index is 14.9. The fourth-order valence-corrected chi connectivity index (χ4v) is 4.90. The summed E-state index contributed by atoms with van der Waals surface area (Å²) in [5.74, 6) is -2.74. The molecule has 1 atom stereocenters. The minimum absolute atomic E-state index is 0.00444. The van der Waals surface area contributed by atoms with Crippen molar-refractivity contribution in [3.63, 3.8) is 0 Å². The average molecular weight is 480 g/mol. The van der Waals surface area contributed by atoms with Gasteiger partial charge < -0.3 is 5.32 Å². The van der Waals surface area contributed by atoms with Crippen molar-refractivity contribution in [1.29, 1.82) is 0 Å². The van der Waals surface area contributed by atoms with E-state index in [1.807, 2.05) is 0 Å². The van der Waals surface area contributed by atoms with E-state index in [4.69, 9.17) is 11.6 Å². The SMILES string of the molecule is C[C@@H](c1ccccc1F)c1c(F)ccc2c1NC(=NCc1ccc(F)c(Cl)c1)NS2(=O)=O. The number of guanidine groups is 1. The highest BCUT2D eigenvalue weighted by molar-refractivity contribution is 7.90. The number of benzene rings is 3. The van der Waals surface area contributed by atoms with Gasteiger partial charge in [-0.15, -0.1) is 0 Å². The van der Waals surface area contributed by atoms with Crippen molar-refractivity contribution in [2.45, 2.75) is 24.3 Å². The molecule has 0 bridgehead atoms. The second kappa shape index (κ2) is 8.48. The van der Waals surface area contributed by atoms with E-state index < -0.39 is 33.4 Å². The van der Waals surface area contributed by atoms with Crippen LogP contribution in [0.1, 0.15) is 29.5 Å². The van der Waals surface area contributed by atoms with E-state index in [1.165, 1.54) is 36.4 Å². The monoisotopic (exact) mass is 479 g/mol. The molecular weight excluding hydrogens is 463 g/mol. The quantitative estimate of drug-likeness (QED) is 0.542. The standard InChI is InChI=1S/C22H17ClF3N3O2S/c1-12(14-4-2-3-5-16(14)24)20-18(26)8-9-19-21(20)28-22(29-32(19,30)31)27-11-13-6-7-17(25)15(23)10-13/h2-10,12H,11H2,1H3,(H2,27,28,29)/t12-/m0/s1. The molecular formula is C22H17ClF3N3O2S. The lowest BCUT2D eigenvalue weighted by molar-refractivity contribution is 0.577. The third-order valence-corrected chi connectivity index (χ3v) is 6.80. The summed E-state index contributed by atoms with van der Waals surface area (Å²) in [6, 6.07) is 12.1. The molecule has 3 aromatic rings. The number of hydrogen-bond donors (Lipinski definition) is 2. The fourth-order valence-electron chi connectivity index (χ4n) is 3.54. The van der Waals surface area contributed by atoms with Crippen LogP contribution in [0, 0.1) is 17.5 Å². The lowest BCUT2D eigenvalue weighted by Crippen LogP contribution is -2.41. The predicted octanol–water partition coefficient (Wildman–Crippen LogP) is 5.17. The van der Waals surface area contributed by atoms with Crippen LogP contribution in [0.5, 0.6) is 0 Å². The molecule has 0 amide bonds. The topological polar surface area (TPSA) is 70.6 Å². The molecule has 1 aliphatic rings. The first-order chi connectivity index (χ1) is 15.2. The number of anilines is 1. The number of sulfonamides is 1. The van der Waals surface area contributed by atoms with Crippen LogP contribution >= 0.6 is 11.6 Å². The van der Waals surface area contributed by atoms with Crippen LogP contribution in [0.25, 0.3) is 0 Å². The van der Waals surface area contributed by atoms with Gasteiger partial charge in [-0.2, -0.15) is 0 Å². The van der Waals surface area contributed by atoms with Gasteiger partial charge in [0.05, 0.1) is 17.3 Å². The van der Waals surface area contributed by atoms with Gasteiger partial charge in [0.2, 0.25) is 5.96 Å². The molecule has 0 aromatic heterocycles. The number of hydrogen-bond acceptors (Lipinski definition) is 3. The van der Waals surface area contributed by atoms with Crippen molar-refractivity contribution < 1.29 is 21.6 Å². The van der Waals surface area contributed by atoms with E-state index in [1.54, 1.807) is 13.0 Å². The number of nitrogens with one attached hydrogen (secondary N) is 2. The second-order valence-electron chi connectivity index (χ2n) is 7.22. The van der Waals surface area contributed by atoms with Crippen LogP contribution < -0.4 is 10.0 Å². The van der Waals surface area contributed by atoms with Crippen LogP contribution in [0.15, 0.2) is 64.5 Å².